The highest BCUT2D eigenvalue weighted by Crippen LogP contribution is 2.30. The van der Waals surface area contributed by atoms with Crippen molar-refractivity contribution in [3.05, 3.63) is 130 Å². The van der Waals surface area contributed by atoms with E-state index in [1.54, 1.807) is 0 Å². The molecule has 236 valence electrons. The first-order chi connectivity index (χ1) is 22.5. The molecule has 0 spiro atoms. The van der Waals surface area contributed by atoms with Gasteiger partial charge in [-0.2, -0.15) is 0 Å². The molecule has 0 saturated carbocycles. The van der Waals surface area contributed by atoms with E-state index in [0.717, 1.165) is 44.4 Å². The summed E-state index contributed by atoms with van der Waals surface area (Å²) in [4.78, 5) is 34.7. The van der Waals surface area contributed by atoms with E-state index in [4.69, 9.17) is 14.5 Å². The summed E-state index contributed by atoms with van der Waals surface area (Å²) in [5.41, 5.74) is 5.36. The van der Waals surface area contributed by atoms with Crippen molar-refractivity contribution in [2.45, 2.75) is 36.9 Å². The van der Waals surface area contributed by atoms with Gasteiger partial charge in [-0.15, -0.1) is 0 Å². The Bertz CT molecular complexity index is 1730. The van der Waals surface area contributed by atoms with Gasteiger partial charge in [0, 0.05) is 22.6 Å². The minimum absolute atomic E-state index is 0.00500. The molecular weight excluding hydrogens is 646 g/mol. The number of amides is 2. The molecule has 6 rings (SSSR count). The Balaban J connectivity index is 1.14. The number of rotatable bonds is 10. The molecule has 0 bridgehead atoms. The van der Waals surface area contributed by atoms with Crippen LogP contribution in [0.2, 0.25) is 0 Å². The van der Waals surface area contributed by atoms with Gasteiger partial charge in [0.05, 0.1) is 36.9 Å². The van der Waals surface area contributed by atoms with Gasteiger partial charge in [0.15, 0.2) is 0 Å². The van der Waals surface area contributed by atoms with Gasteiger partial charge in [-0.05, 0) is 63.7 Å². The van der Waals surface area contributed by atoms with E-state index in [-0.39, 0.29) is 18.1 Å². The zero-order valence-corrected chi connectivity index (χ0v) is 27.0. The lowest BCUT2D eigenvalue weighted by atomic mass is 9.84. The van der Waals surface area contributed by atoms with E-state index in [9.17, 15) is 9.59 Å². The lowest BCUT2D eigenvalue weighted by Gasteiger charge is -2.30. The zero-order chi connectivity index (χ0) is 31.9. The first kappa shape index (κ1) is 31.5. The second kappa shape index (κ2) is 14.7. The molecule has 1 unspecified atom stereocenters. The second-order valence-electron chi connectivity index (χ2n) is 11.3. The molecule has 9 nitrogen and oxygen atoms in total. The highest BCUT2D eigenvalue weighted by atomic mass is 79.9. The lowest BCUT2D eigenvalue weighted by Crippen LogP contribution is -2.48. The standard InChI is InChI=1S/C36H36BrN5O4/c1-45-36(44)42-33(31(24-12-4-2-5-13-24)25-14-6-3-7-15-25)35(43)40-28-17-9-8-11-23(28)19-20-26-21-38-30(22-46-26)34-39-29-18-10-16-27(37)32(29)41-34/h2-18,26,30-31,33,38H,19-22H2,1H3,(H,39,41)(H,40,43)(H,42,44)/t26-,30+,33?/m1/s1. The van der Waals surface area contributed by atoms with Crippen LogP contribution in [0.5, 0.6) is 0 Å². The van der Waals surface area contributed by atoms with Gasteiger partial charge in [-0.3, -0.25) is 4.79 Å². The molecule has 10 heteroatoms. The Morgan fingerprint density at radius 2 is 1.65 bits per heavy atom. The van der Waals surface area contributed by atoms with Crippen LogP contribution in [0.15, 0.2) is 108 Å². The highest BCUT2D eigenvalue weighted by Gasteiger charge is 2.33. The van der Waals surface area contributed by atoms with Gasteiger partial charge < -0.3 is 30.4 Å². The molecule has 3 atom stereocenters. The van der Waals surface area contributed by atoms with Crippen LogP contribution in [0.4, 0.5) is 10.5 Å². The number of alkyl carbamates (subject to hydrolysis) is 1. The van der Waals surface area contributed by atoms with E-state index >= 15 is 0 Å². The Labute approximate surface area is 276 Å². The molecule has 2 amide bonds. The van der Waals surface area contributed by atoms with E-state index in [0.29, 0.717) is 25.3 Å². The smallest absolute Gasteiger partial charge is 0.407 e. The maximum Gasteiger partial charge on any atom is 0.407 e. The molecule has 4 N–H and O–H groups in total. The number of morpholine rings is 1. The second-order valence-corrected chi connectivity index (χ2v) is 12.1. The number of nitrogens with zero attached hydrogens (tertiary/aromatic N) is 1. The summed E-state index contributed by atoms with van der Waals surface area (Å²) in [6.45, 7) is 1.18. The number of H-pyrrole nitrogens is 1. The van der Waals surface area contributed by atoms with Crippen LogP contribution in [0.25, 0.3) is 11.0 Å². The van der Waals surface area contributed by atoms with Crippen LogP contribution in [-0.4, -0.2) is 54.4 Å². The number of para-hydroxylation sites is 2. The van der Waals surface area contributed by atoms with Gasteiger partial charge in [0.25, 0.3) is 0 Å². The quantitative estimate of drug-likeness (QED) is 0.134. The van der Waals surface area contributed by atoms with Crippen LogP contribution in [-0.2, 0) is 20.7 Å². The normalized spacial score (nSPS) is 17.0. The number of carbonyl (C=O) groups is 2. The fourth-order valence-electron chi connectivity index (χ4n) is 5.94. The van der Waals surface area contributed by atoms with Gasteiger partial charge in [-0.25, -0.2) is 9.78 Å². The Morgan fingerprint density at radius 3 is 2.30 bits per heavy atom. The fourth-order valence-corrected chi connectivity index (χ4v) is 6.39. The predicted octanol–water partition coefficient (Wildman–Crippen LogP) is 6.48. The number of halogens is 1. The van der Waals surface area contributed by atoms with Crippen molar-refractivity contribution in [1.29, 1.82) is 0 Å². The molecule has 1 aliphatic heterocycles. The third-order valence-electron chi connectivity index (χ3n) is 8.31. The first-order valence-electron chi connectivity index (χ1n) is 15.3. The minimum Gasteiger partial charge on any atom is -0.453 e. The van der Waals surface area contributed by atoms with Crippen LogP contribution in [0.3, 0.4) is 0 Å². The molecule has 0 radical (unpaired) electrons. The highest BCUT2D eigenvalue weighted by molar-refractivity contribution is 9.10. The summed E-state index contributed by atoms with van der Waals surface area (Å²) < 4.78 is 12.2. The number of fused-ring (bicyclic) bond motifs is 1. The Morgan fingerprint density at radius 1 is 0.957 bits per heavy atom. The number of ether oxygens (including phenoxy) is 2. The lowest BCUT2D eigenvalue weighted by molar-refractivity contribution is -0.118. The minimum atomic E-state index is -0.938. The van der Waals surface area contributed by atoms with Crippen molar-refractivity contribution in [2.24, 2.45) is 0 Å². The zero-order valence-electron chi connectivity index (χ0n) is 25.4. The summed E-state index contributed by atoms with van der Waals surface area (Å²) in [5.74, 6) is 0.0653. The van der Waals surface area contributed by atoms with E-state index in [1.807, 2.05) is 103 Å². The molecule has 2 heterocycles. The van der Waals surface area contributed by atoms with Crippen LogP contribution < -0.4 is 16.0 Å². The molecule has 0 aliphatic carbocycles. The number of aryl methyl sites for hydroxylation is 1. The number of anilines is 1. The summed E-state index contributed by atoms with van der Waals surface area (Å²) in [6, 6.07) is 32.1. The molecule has 1 aromatic heterocycles. The third-order valence-corrected chi connectivity index (χ3v) is 8.97. The van der Waals surface area contributed by atoms with Crippen molar-refractivity contribution in [3.63, 3.8) is 0 Å². The number of carbonyl (C=O) groups excluding carboxylic acids is 2. The molecule has 1 saturated heterocycles. The van der Waals surface area contributed by atoms with Crippen molar-refractivity contribution in [3.8, 4) is 0 Å². The molecule has 1 fully saturated rings. The predicted molar refractivity (Wildman–Crippen MR) is 182 cm³/mol. The van der Waals surface area contributed by atoms with Crippen LogP contribution in [0, 0.1) is 0 Å². The third kappa shape index (κ3) is 7.31. The summed E-state index contributed by atoms with van der Waals surface area (Å²) in [6.07, 6.45) is 0.783. The average Bonchev–Trinajstić information content (AvgIpc) is 3.54. The number of imidazole rings is 1. The number of nitrogens with one attached hydrogen (secondary N) is 4. The number of hydrogen-bond donors (Lipinski definition) is 4. The largest absolute Gasteiger partial charge is 0.453 e. The molecule has 46 heavy (non-hydrogen) atoms. The molecule has 4 aromatic carbocycles. The summed E-state index contributed by atoms with van der Waals surface area (Å²) >= 11 is 3.58. The molecule has 1 aliphatic rings. The van der Waals surface area contributed by atoms with Crippen molar-refractivity contribution >= 4 is 44.7 Å². The van der Waals surface area contributed by atoms with E-state index in [1.165, 1.54) is 7.11 Å². The monoisotopic (exact) mass is 681 g/mol. The van der Waals surface area contributed by atoms with Gasteiger partial charge in [-0.1, -0.05) is 84.9 Å². The average molecular weight is 683 g/mol. The number of aromatic amines is 1. The van der Waals surface area contributed by atoms with Crippen molar-refractivity contribution in [1.82, 2.24) is 20.6 Å². The summed E-state index contributed by atoms with van der Waals surface area (Å²) in [5, 5.41) is 9.49. The Hall–Kier alpha value is -4.51. The van der Waals surface area contributed by atoms with Crippen molar-refractivity contribution in [2.75, 3.05) is 25.6 Å². The molecular formula is C36H36BrN5O4. The van der Waals surface area contributed by atoms with E-state index in [2.05, 4.69) is 36.9 Å². The summed E-state index contributed by atoms with van der Waals surface area (Å²) in [7, 11) is 1.29. The van der Waals surface area contributed by atoms with Crippen LogP contribution >= 0.6 is 15.9 Å². The fraction of sp³-hybridized carbons (Fsp3) is 0.250. The van der Waals surface area contributed by atoms with Crippen molar-refractivity contribution < 1.29 is 19.1 Å². The Kier molecular flexibility index (Phi) is 10.1. The number of aromatic nitrogens is 2. The topological polar surface area (TPSA) is 117 Å². The number of benzene rings is 4. The first-order valence-corrected chi connectivity index (χ1v) is 16.1. The van der Waals surface area contributed by atoms with E-state index < -0.39 is 18.1 Å². The number of methoxy groups -OCH3 is 1. The van der Waals surface area contributed by atoms with Gasteiger partial charge >= 0.3 is 6.09 Å². The number of hydrogen-bond acceptors (Lipinski definition) is 6. The maximum atomic E-state index is 14.0. The van der Waals surface area contributed by atoms with Gasteiger partial charge in [0.2, 0.25) is 5.91 Å². The van der Waals surface area contributed by atoms with Gasteiger partial charge in [0.1, 0.15) is 11.9 Å². The van der Waals surface area contributed by atoms with Crippen LogP contribution in [0.1, 0.15) is 40.9 Å². The maximum absolute atomic E-state index is 14.0. The molecule has 5 aromatic rings. The SMILES string of the molecule is COC(=O)NC(C(=O)Nc1ccccc1CC[C@@H]1CN[C@H](c2nc3cccc(Br)c3[nH]2)CO1)C(c1ccccc1)c1ccccc1.